The molecular formula is C8H17NO2S. The van der Waals surface area contributed by atoms with Crippen LogP contribution in [0.4, 0.5) is 0 Å². The summed E-state index contributed by atoms with van der Waals surface area (Å²) in [6.07, 6.45) is 4.09. The molecule has 0 spiro atoms. The van der Waals surface area contributed by atoms with Crippen LogP contribution in [0.2, 0.25) is 0 Å². The van der Waals surface area contributed by atoms with Crippen LogP contribution in [0.5, 0.6) is 0 Å². The molecule has 3 nitrogen and oxygen atoms in total. The first-order valence-corrected chi connectivity index (χ1v) is 5.66. The van der Waals surface area contributed by atoms with Gasteiger partial charge in [-0.05, 0) is 13.0 Å². The van der Waals surface area contributed by atoms with Crippen LogP contribution in [0, 0.1) is 0 Å². The van der Waals surface area contributed by atoms with E-state index >= 15 is 0 Å². The maximum absolute atomic E-state index is 10.7. The molecule has 0 bridgehead atoms. The Balaban J connectivity index is 0. The van der Waals surface area contributed by atoms with Gasteiger partial charge in [-0.2, -0.15) is 0 Å². The lowest BCUT2D eigenvalue weighted by atomic mass is 10.5. The van der Waals surface area contributed by atoms with E-state index < -0.39 is 9.84 Å². The number of nitrogens with zero attached hydrogens (tertiary/aromatic N) is 1. The smallest absolute Gasteiger partial charge is 0.171 e. The van der Waals surface area contributed by atoms with Crippen LogP contribution in [0.3, 0.4) is 0 Å². The molecule has 0 atom stereocenters. The zero-order valence-corrected chi connectivity index (χ0v) is 9.14. The molecule has 0 aliphatic rings. The maximum Gasteiger partial charge on any atom is 0.171 e. The molecule has 0 saturated carbocycles. The van der Waals surface area contributed by atoms with Crippen molar-refractivity contribution in [1.82, 2.24) is 0 Å². The molecule has 72 valence electrons. The summed E-state index contributed by atoms with van der Waals surface area (Å²) >= 11 is 0. The Labute approximate surface area is 75.1 Å². The second-order valence-corrected chi connectivity index (χ2v) is 4.15. The first-order chi connectivity index (χ1) is 5.48. The molecule has 0 amide bonds. The van der Waals surface area contributed by atoms with E-state index in [4.69, 9.17) is 0 Å². The molecule has 0 aliphatic heterocycles. The minimum absolute atomic E-state index is 0.332. The van der Waals surface area contributed by atoms with E-state index in [1.807, 2.05) is 13.8 Å². The molecule has 0 unspecified atom stereocenters. The van der Waals surface area contributed by atoms with Gasteiger partial charge in [0.15, 0.2) is 9.84 Å². The van der Waals surface area contributed by atoms with Crippen molar-refractivity contribution in [2.75, 3.05) is 13.3 Å². The predicted octanol–water partition coefficient (Wildman–Crippen LogP) is 1.66. The lowest BCUT2D eigenvalue weighted by Gasteiger charge is -1.91. The van der Waals surface area contributed by atoms with Gasteiger partial charge in [-0.1, -0.05) is 13.8 Å². The van der Waals surface area contributed by atoms with E-state index in [9.17, 15) is 8.42 Å². The van der Waals surface area contributed by atoms with E-state index in [0.29, 0.717) is 4.91 Å². The summed E-state index contributed by atoms with van der Waals surface area (Å²) in [4.78, 5) is 3.95. The van der Waals surface area contributed by atoms with Crippen LogP contribution in [0.15, 0.2) is 16.0 Å². The third kappa shape index (κ3) is 7.47. The van der Waals surface area contributed by atoms with Gasteiger partial charge >= 0.3 is 0 Å². The van der Waals surface area contributed by atoms with Gasteiger partial charge < -0.3 is 0 Å². The first-order valence-electron chi connectivity index (χ1n) is 3.77. The highest BCUT2D eigenvalue weighted by Gasteiger charge is 2.01. The molecule has 12 heavy (non-hydrogen) atoms. The van der Waals surface area contributed by atoms with Crippen molar-refractivity contribution in [3.63, 3.8) is 0 Å². The standard InChI is InChI=1S/C6H11NO2S.C2H6/c1-6(4-5-7-2)10(3,8)9;1-2/h4-5H,1-3H3;1-2H3/b6-4+,7-5?;. The Morgan fingerprint density at radius 2 is 1.75 bits per heavy atom. The van der Waals surface area contributed by atoms with Crippen LogP contribution in [-0.4, -0.2) is 27.9 Å². The Bertz CT molecular complexity index is 250. The number of allylic oxidation sites excluding steroid dienone is 2. The van der Waals surface area contributed by atoms with Crippen LogP contribution >= 0.6 is 0 Å². The predicted molar refractivity (Wildman–Crippen MR) is 54.4 cm³/mol. The summed E-state index contributed by atoms with van der Waals surface area (Å²) in [5.74, 6) is 0. The quantitative estimate of drug-likeness (QED) is 0.623. The Morgan fingerprint density at radius 3 is 2.00 bits per heavy atom. The maximum atomic E-state index is 10.7. The molecule has 4 heteroatoms. The minimum atomic E-state index is -3.01. The van der Waals surface area contributed by atoms with Gasteiger partial charge in [-0.15, -0.1) is 0 Å². The van der Waals surface area contributed by atoms with Gasteiger partial charge in [0.2, 0.25) is 0 Å². The van der Waals surface area contributed by atoms with E-state index in [1.54, 1.807) is 7.05 Å². The van der Waals surface area contributed by atoms with Crippen molar-refractivity contribution in [3.05, 3.63) is 11.0 Å². The monoisotopic (exact) mass is 191 g/mol. The molecule has 0 aromatic carbocycles. The van der Waals surface area contributed by atoms with Gasteiger partial charge in [0, 0.05) is 24.4 Å². The van der Waals surface area contributed by atoms with Crippen molar-refractivity contribution in [3.8, 4) is 0 Å². The SMILES string of the molecule is CC.CN=C/C=C(\C)S(C)(=O)=O. The van der Waals surface area contributed by atoms with Crippen molar-refractivity contribution in [1.29, 1.82) is 0 Å². The molecule has 0 aromatic rings. The number of sulfone groups is 1. The van der Waals surface area contributed by atoms with E-state index in [0.717, 1.165) is 0 Å². The number of rotatable bonds is 2. The number of hydrogen-bond acceptors (Lipinski definition) is 3. The topological polar surface area (TPSA) is 46.5 Å². The molecule has 0 fully saturated rings. The average Bonchev–Trinajstić information content (AvgIpc) is 2.02. The van der Waals surface area contributed by atoms with Crippen molar-refractivity contribution in [2.24, 2.45) is 4.99 Å². The van der Waals surface area contributed by atoms with Gasteiger partial charge in [-0.3, -0.25) is 4.99 Å². The van der Waals surface area contributed by atoms with Gasteiger partial charge in [0.1, 0.15) is 0 Å². The van der Waals surface area contributed by atoms with Gasteiger partial charge in [0.05, 0.1) is 0 Å². The van der Waals surface area contributed by atoms with Crippen molar-refractivity contribution >= 4 is 16.1 Å². The fourth-order valence-corrected chi connectivity index (χ4v) is 0.611. The summed E-state index contributed by atoms with van der Waals surface area (Å²) < 4.78 is 21.4. The molecule has 0 heterocycles. The molecule has 0 rings (SSSR count). The molecular weight excluding hydrogens is 174 g/mol. The third-order valence-electron chi connectivity index (χ3n) is 1.04. The zero-order valence-electron chi connectivity index (χ0n) is 8.33. The largest absolute Gasteiger partial charge is 0.296 e. The lowest BCUT2D eigenvalue weighted by molar-refractivity contribution is 0.607. The zero-order chi connectivity index (χ0) is 10.2. The Kier molecular flexibility index (Phi) is 8.16. The average molecular weight is 191 g/mol. The highest BCUT2D eigenvalue weighted by molar-refractivity contribution is 7.94. The summed E-state index contributed by atoms with van der Waals surface area (Å²) in [6, 6.07) is 0. The summed E-state index contributed by atoms with van der Waals surface area (Å²) in [5, 5.41) is 0. The summed E-state index contributed by atoms with van der Waals surface area (Å²) in [6.45, 7) is 5.54. The van der Waals surface area contributed by atoms with E-state index in [2.05, 4.69) is 4.99 Å². The van der Waals surface area contributed by atoms with Crippen LogP contribution < -0.4 is 0 Å². The van der Waals surface area contributed by atoms with Gasteiger partial charge in [0.25, 0.3) is 0 Å². The molecule has 0 N–H and O–H groups in total. The molecule has 0 radical (unpaired) electrons. The molecule has 0 saturated heterocycles. The second kappa shape index (κ2) is 7.03. The van der Waals surface area contributed by atoms with Crippen LogP contribution in [0.1, 0.15) is 20.8 Å². The highest BCUT2D eigenvalue weighted by atomic mass is 32.2. The van der Waals surface area contributed by atoms with Crippen LogP contribution in [0.25, 0.3) is 0 Å². The number of hydrogen-bond donors (Lipinski definition) is 0. The third-order valence-corrected chi connectivity index (χ3v) is 2.35. The molecule has 0 aromatic heterocycles. The minimum Gasteiger partial charge on any atom is -0.296 e. The van der Waals surface area contributed by atoms with Crippen molar-refractivity contribution < 1.29 is 8.42 Å². The van der Waals surface area contributed by atoms with E-state index in [-0.39, 0.29) is 0 Å². The van der Waals surface area contributed by atoms with Crippen molar-refractivity contribution in [2.45, 2.75) is 20.8 Å². The van der Waals surface area contributed by atoms with Gasteiger partial charge in [-0.25, -0.2) is 8.42 Å². The fraction of sp³-hybridized carbons (Fsp3) is 0.625. The number of aliphatic imine (C=N–C) groups is 1. The fourth-order valence-electron chi connectivity index (χ4n) is 0.303. The van der Waals surface area contributed by atoms with E-state index in [1.165, 1.54) is 25.5 Å². The Morgan fingerprint density at radius 1 is 1.33 bits per heavy atom. The molecule has 0 aliphatic carbocycles. The first kappa shape index (κ1) is 13.9. The Hall–Kier alpha value is -0.640. The summed E-state index contributed by atoms with van der Waals surface area (Å²) in [5.41, 5.74) is 0. The second-order valence-electron chi connectivity index (χ2n) is 1.96. The summed E-state index contributed by atoms with van der Waals surface area (Å²) in [7, 11) is -1.42. The highest BCUT2D eigenvalue weighted by Crippen LogP contribution is 1.99. The normalized spacial score (nSPS) is 12.6. The lowest BCUT2D eigenvalue weighted by Crippen LogP contribution is -1.96. The van der Waals surface area contributed by atoms with Crippen LogP contribution in [-0.2, 0) is 9.84 Å².